The molecule has 294 valence electrons. The van der Waals surface area contributed by atoms with Crippen molar-refractivity contribution in [2.75, 3.05) is 46.5 Å². The van der Waals surface area contributed by atoms with E-state index in [0.717, 1.165) is 56.4 Å². The molecule has 4 bridgehead atoms. The van der Waals surface area contributed by atoms with Crippen molar-refractivity contribution in [3.63, 3.8) is 0 Å². The number of nitrogens with one attached hydrogen (secondary N) is 2. The third kappa shape index (κ3) is 4.86. The van der Waals surface area contributed by atoms with E-state index in [1.807, 2.05) is 20.9 Å². The lowest BCUT2D eigenvalue weighted by atomic mass is 9.73. The van der Waals surface area contributed by atoms with Crippen molar-refractivity contribution in [2.24, 2.45) is 0 Å². The topological polar surface area (TPSA) is 155 Å². The zero-order valence-corrected chi connectivity index (χ0v) is 33.1. The summed E-state index contributed by atoms with van der Waals surface area (Å²) in [5.41, 5.74) is 7.46. The molecule has 7 aliphatic rings. The number of aryl methyl sites for hydroxylation is 2. The van der Waals surface area contributed by atoms with E-state index in [4.69, 9.17) is 23.7 Å². The molecule has 56 heavy (non-hydrogen) atoms. The van der Waals surface area contributed by atoms with Crippen LogP contribution in [-0.2, 0) is 32.7 Å². The molecule has 7 atom stereocenters. The average molecular weight is 783 g/mol. The van der Waals surface area contributed by atoms with Crippen molar-refractivity contribution in [3.05, 3.63) is 74.5 Å². The number of carbonyl (C=O) groups excluding carboxylic acids is 2. The van der Waals surface area contributed by atoms with Crippen LogP contribution in [0.4, 0.5) is 0 Å². The van der Waals surface area contributed by atoms with Crippen molar-refractivity contribution in [1.29, 1.82) is 0 Å². The SMILES string of the molecule is COc1c(C)cc2c(c1O)[C@H]1C3[C@@H]4SC[C@]5(NCCc6c5[nH]c5ccc(C)cc65)C(=O)COC[C@@H](c5c6c(c(C)c(OC(C)=O)c54)OCO6)N3[C@@H](O)[C@@H](C2)N1C. The number of piperazine rings is 1. The Morgan fingerprint density at radius 3 is 2.68 bits per heavy atom. The quantitative estimate of drug-likeness (QED) is 0.167. The number of thioether (sulfide) groups is 1. The van der Waals surface area contributed by atoms with Gasteiger partial charge in [0.15, 0.2) is 28.8 Å². The molecular weight excluding hydrogens is 737 g/mol. The molecule has 0 radical (unpaired) electrons. The molecule has 3 aromatic carbocycles. The lowest BCUT2D eigenvalue weighted by molar-refractivity contribution is -0.181. The maximum Gasteiger partial charge on any atom is 0.308 e. The van der Waals surface area contributed by atoms with Gasteiger partial charge in [-0.15, -0.1) is 11.8 Å². The number of fused-ring (bicyclic) bond motifs is 12. The summed E-state index contributed by atoms with van der Waals surface area (Å²) in [6.45, 7) is 7.64. The Balaban J connectivity index is 1.24. The number of benzene rings is 3. The number of phenols is 1. The highest BCUT2D eigenvalue weighted by Crippen LogP contribution is 2.64. The largest absolute Gasteiger partial charge is 0.504 e. The minimum absolute atomic E-state index is 0.0218. The molecule has 1 aromatic heterocycles. The number of carbonyl (C=O) groups is 2. The van der Waals surface area contributed by atoms with Gasteiger partial charge in [0.2, 0.25) is 6.79 Å². The number of aromatic amines is 1. The summed E-state index contributed by atoms with van der Waals surface area (Å²) < 4.78 is 30.8. The monoisotopic (exact) mass is 782 g/mol. The number of ketones is 1. The van der Waals surface area contributed by atoms with Crippen LogP contribution >= 0.6 is 11.8 Å². The second-order valence-electron chi connectivity index (χ2n) is 16.1. The highest BCUT2D eigenvalue weighted by atomic mass is 32.2. The molecular formula is C42H46N4O9S. The molecule has 0 amide bonds. The number of hydrogen-bond donors (Lipinski definition) is 4. The number of hydrogen-bond acceptors (Lipinski definition) is 13. The summed E-state index contributed by atoms with van der Waals surface area (Å²) in [5, 5.41) is 29.0. The zero-order valence-electron chi connectivity index (χ0n) is 32.3. The van der Waals surface area contributed by atoms with E-state index in [1.54, 1.807) is 18.9 Å². The van der Waals surface area contributed by atoms with Crippen molar-refractivity contribution in [2.45, 2.75) is 81.7 Å². The smallest absolute Gasteiger partial charge is 0.308 e. The molecule has 11 rings (SSSR count). The first-order valence-electron chi connectivity index (χ1n) is 19.3. The van der Waals surface area contributed by atoms with E-state index >= 15 is 0 Å². The number of aliphatic hydroxyl groups is 1. The van der Waals surface area contributed by atoms with Gasteiger partial charge in [-0.2, -0.15) is 0 Å². The van der Waals surface area contributed by atoms with Gasteiger partial charge in [-0.3, -0.25) is 24.7 Å². The predicted molar refractivity (Wildman–Crippen MR) is 208 cm³/mol. The van der Waals surface area contributed by atoms with E-state index < -0.39 is 41.1 Å². The van der Waals surface area contributed by atoms with E-state index in [2.05, 4.69) is 51.3 Å². The lowest BCUT2D eigenvalue weighted by Crippen LogP contribution is -2.69. The zero-order chi connectivity index (χ0) is 38.9. The van der Waals surface area contributed by atoms with Crippen LogP contribution < -0.4 is 24.3 Å². The van der Waals surface area contributed by atoms with Crippen molar-refractivity contribution < 1.29 is 43.5 Å². The number of H-pyrrole nitrogens is 1. The number of likely N-dealkylation sites (N-methyl/N-ethyl adjacent to an activating group) is 1. The van der Waals surface area contributed by atoms with Gasteiger partial charge < -0.3 is 38.9 Å². The van der Waals surface area contributed by atoms with Crippen LogP contribution in [-0.4, -0.2) is 102 Å². The standard InChI is InChI=1S/C42H46N4O9S/c1-18-7-8-25-24(11-18)23-9-10-43-42(40(23)44-25)16-56-39-31-30(38-37(53-17-54-38)20(3)36(31)55-21(4)47)27(14-52-15-28(42)48)46-33(39)32-29-22(13-26(41(46)50)45(32)5)12-19(2)35(51-6)34(29)49/h7-8,11-12,26-27,32-33,39,41,43-44,49-50H,9-10,13-17H2,1-6H3/t26-,27+,32+,33?,39-,41+,42+/m1/s1. The molecule has 13 nitrogen and oxygen atoms in total. The van der Waals surface area contributed by atoms with E-state index in [-0.39, 0.29) is 43.3 Å². The number of aromatic hydroxyl groups is 1. The second kappa shape index (κ2) is 12.9. The van der Waals surface area contributed by atoms with E-state index in [1.165, 1.54) is 6.92 Å². The summed E-state index contributed by atoms with van der Waals surface area (Å²) in [6.07, 6.45) is 0.255. The van der Waals surface area contributed by atoms with Gasteiger partial charge in [0.25, 0.3) is 0 Å². The highest BCUT2D eigenvalue weighted by molar-refractivity contribution is 7.99. The van der Waals surface area contributed by atoms with Crippen LogP contribution in [0.1, 0.15) is 74.5 Å². The number of aliphatic hydroxyl groups excluding tert-OH is 1. The predicted octanol–water partition coefficient (Wildman–Crippen LogP) is 4.53. The normalized spacial score (nSPS) is 29.4. The number of nitrogens with zero attached hydrogens (tertiary/aromatic N) is 2. The van der Waals surface area contributed by atoms with Gasteiger partial charge in [0.05, 0.1) is 37.1 Å². The summed E-state index contributed by atoms with van der Waals surface area (Å²) in [4.78, 5) is 35.8. The molecule has 14 heteroatoms. The first-order chi connectivity index (χ1) is 26.9. The average Bonchev–Trinajstić information content (AvgIpc) is 3.80. The number of ether oxygens (including phenoxy) is 5. The number of Topliss-reactive ketones (excluding diaryl/α,β-unsaturated/α-hetero) is 1. The van der Waals surface area contributed by atoms with Gasteiger partial charge in [-0.1, -0.05) is 17.7 Å². The maximum atomic E-state index is 14.9. The fourth-order valence-electron chi connectivity index (χ4n) is 10.8. The van der Waals surface area contributed by atoms with Crippen LogP contribution in [0.2, 0.25) is 0 Å². The van der Waals surface area contributed by atoms with Crippen LogP contribution in [0.25, 0.3) is 10.9 Å². The molecule has 1 unspecified atom stereocenters. The van der Waals surface area contributed by atoms with Crippen LogP contribution in [0.15, 0.2) is 24.3 Å². The lowest BCUT2D eigenvalue weighted by Gasteiger charge is -2.61. The Hall–Kier alpha value is -4.31. The van der Waals surface area contributed by atoms with Gasteiger partial charge in [0, 0.05) is 64.1 Å². The van der Waals surface area contributed by atoms with Crippen LogP contribution in [0, 0.1) is 20.8 Å². The molecule has 2 saturated heterocycles. The molecule has 2 fully saturated rings. The van der Waals surface area contributed by atoms with Gasteiger partial charge in [-0.25, -0.2) is 0 Å². The molecule has 7 aliphatic heterocycles. The molecule has 4 N–H and O–H groups in total. The number of rotatable bonds is 2. The van der Waals surface area contributed by atoms with Crippen LogP contribution in [0.3, 0.4) is 0 Å². The minimum atomic E-state index is -1.15. The summed E-state index contributed by atoms with van der Waals surface area (Å²) >= 11 is 1.58. The van der Waals surface area contributed by atoms with Crippen molar-refractivity contribution >= 4 is 34.4 Å². The number of phenolic OH excluding ortho intramolecular Hbond substituents is 1. The van der Waals surface area contributed by atoms with E-state index in [9.17, 15) is 19.8 Å². The van der Waals surface area contributed by atoms with E-state index in [0.29, 0.717) is 47.1 Å². The number of aromatic nitrogens is 1. The Kier molecular flexibility index (Phi) is 8.27. The molecule has 4 aromatic rings. The maximum absolute atomic E-state index is 14.9. The summed E-state index contributed by atoms with van der Waals surface area (Å²) in [5.74, 6) is 1.55. The van der Waals surface area contributed by atoms with Gasteiger partial charge in [0.1, 0.15) is 24.1 Å². The number of esters is 1. The Labute approximate surface area is 328 Å². The molecule has 0 aliphatic carbocycles. The molecule has 8 heterocycles. The molecule has 0 saturated carbocycles. The summed E-state index contributed by atoms with van der Waals surface area (Å²) in [7, 11) is 3.55. The van der Waals surface area contributed by atoms with Gasteiger partial charge in [-0.05, 0) is 69.5 Å². The van der Waals surface area contributed by atoms with Crippen molar-refractivity contribution in [1.82, 2.24) is 20.1 Å². The first kappa shape index (κ1) is 36.1. The summed E-state index contributed by atoms with van der Waals surface area (Å²) in [6, 6.07) is 6.41. The minimum Gasteiger partial charge on any atom is -0.504 e. The third-order valence-corrected chi connectivity index (χ3v) is 14.6. The Morgan fingerprint density at radius 2 is 1.89 bits per heavy atom. The Bertz CT molecular complexity index is 2360. The second-order valence-corrected chi connectivity index (χ2v) is 17.2. The molecule has 1 spiro atoms. The highest BCUT2D eigenvalue weighted by Gasteiger charge is 2.61. The van der Waals surface area contributed by atoms with Crippen molar-refractivity contribution in [3.8, 4) is 28.7 Å². The fourth-order valence-corrected chi connectivity index (χ4v) is 12.5. The number of methoxy groups -OCH3 is 1. The van der Waals surface area contributed by atoms with Crippen LogP contribution in [0.5, 0.6) is 28.7 Å². The fraction of sp³-hybridized carbons (Fsp3) is 0.476. The Morgan fingerprint density at radius 1 is 1.09 bits per heavy atom. The third-order valence-electron chi connectivity index (χ3n) is 13.1. The first-order valence-corrected chi connectivity index (χ1v) is 20.3. The van der Waals surface area contributed by atoms with Gasteiger partial charge >= 0.3 is 5.97 Å².